The van der Waals surface area contributed by atoms with Crippen LogP contribution in [0.1, 0.15) is 6.42 Å². The van der Waals surface area contributed by atoms with Crippen molar-refractivity contribution in [3.63, 3.8) is 0 Å². The average molecular weight is 244 g/mol. The van der Waals surface area contributed by atoms with Crippen molar-refractivity contribution < 1.29 is 19.8 Å². The summed E-state index contributed by atoms with van der Waals surface area (Å²) in [7, 11) is 0. The van der Waals surface area contributed by atoms with Gasteiger partial charge in [-0.3, -0.25) is 9.59 Å². The van der Waals surface area contributed by atoms with E-state index in [2.05, 4.69) is 0 Å². The molecule has 1 atom stereocenters. The molecular formula is C4H5IO4. The minimum atomic E-state index is -1.09. The van der Waals surface area contributed by atoms with Gasteiger partial charge < -0.3 is 10.2 Å². The standard InChI is InChI=1S/C4H5IO4/c5-2(4(8)9)1-3(6)7/h2H,1H2,(H,6,7)(H,8,9). The molecule has 0 fully saturated rings. The molecule has 5 heteroatoms. The van der Waals surface area contributed by atoms with Crippen LogP contribution in [0.3, 0.4) is 0 Å². The topological polar surface area (TPSA) is 74.6 Å². The van der Waals surface area contributed by atoms with Crippen LogP contribution >= 0.6 is 22.6 Å². The number of carboxylic acid groups (broad SMARTS) is 2. The van der Waals surface area contributed by atoms with Crippen LogP contribution in [0.25, 0.3) is 0 Å². The summed E-state index contributed by atoms with van der Waals surface area (Å²) in [6.45, 7) is 0. The number of halogens is 1. The SMILES string of the molecule is O=C(O)CC(I)C(=O)O. The van der Waals surface area contributed by atoms with Gasteiger partial charge in [0.05, 0.1) is 6.42 Å². The number of hydrogen-bond acceptors (Lipinski definition) is 2. The quantitative estimate of drug-likeness (QED) is 0.554. The molecule has 0 aliphatic carbocycles. The van der Waals surface area contributed by atoms with Crippen LogP contribution in [0.15, 0.2) is 0 Å². The van der Waals surface area contributed by atoms with Gasteiger partial charge in [0.25, 0.3) is 0 Å². The van der Waals surface area contributed by atoms with E-state index in [1.54, 1.807) is 22.6 Å². The first-order valence-electron chi connectivity index (χ1n) is 2.12. The average Bonchev–Trinajstić information content (AvgIpc) is 1.63. The zero-order valence-electron chi connectivity index (χ0n) is 4.37. The lowest BCUT2D eigenvalue weighted by Gasteiger charge is -1.96. The van der Waals surface area contributed by atoms with Gasteiger partial charge in [-0.15, -0.1) is 0 Å². The molecule has 0 heterocycles. The largest absolute Gasteiger partial charge is 0.481 e. The summed E-state index contributed by atoms with van der Waals surface area (Å²) in [5, 5.41) is 16.2. The number of aliphatic carboxylic acids is 2. The van der Waals surface area contributed by atoms with Crippen LogP contribution in [0, 0.1) is 0 Å². The van der Waals surface area contributed by atoms with E-state index in [-0.39, 0.29) is 6.42 Å². The number of alkyl halides is 1. The van der Waals surface area contributed by atoms with E-state index >= 15 is 0 Å². The van der Waals surface area contributed by atoms with Gasteiger partial charge in [0, 0.05) is 0 Å². The van der Waals surface area contributed by atoms with Crippen molar-refractivity contribution in [3.8, 4) is 0 Å². The van der Waals surface area contributed by atoms with Crippen LogP contribution in [0.4, 0.5) is 0 Å². The Hall–Kier alpha value is -0.330. The zero-order chi connectivity index (χ0) is 7.44. The van der Waals surface area contributed by atoms with Gasteiger partial charge in [0.2, 0.25) is 0 Å². The Labute approximate surface area is 65.0 Å². The van der Waals surface area contributed by atoms with E-state index in [1.807, 2.05) is 0 Å². The maximum Gasteiger partial charge on any atom is 0.317 e. The minimum Gasteiger partial charge on any atom is -0.481 e. The summed E-state index contributed by atoms with van der Waals surface area (Å²) >= 11 is 1.57. The highest BCUT2D eigenvalue weighted by Crippen LogP contribution is 2.04. The normalized spacial score (nSPS) is 12.6. The van der Waals surface area contributed by atoms with E-state index in [1.165, 1.54) is 0 Å². The number of carboxylic acids is 2. The summed E-state index contributed by atoms with van der Waals surface area (Å²) in [5.74, 6) is -2.17. The second-order valence-electron chi connectivity index (χ2n) is 1.40. The van der Waals surface area contributed by atoms with Gasteiger partial charge in [-0.05, 0) is 0 Å². The lowest BCUT2D eigenvalue weighted by molar-refractivity contribution is -0.142. The summed E-state index contributed by atoms with van der Waals surface area (Å²) in [6.07, 6.45) is -0.324. The first kappa shape index (κ1) is 8.67. The second-order valence-corrected chi connectivity index (χ2v) is 2.91. The van der Waals surface area contributed by atoms with Crippen molar-refractivity contribution in [2.45, 2.75) is 10.3 Å². The first-order valence-corrected chi connectivity index (χ1v) is 3.37. The van der Waals surface area contributed by atoms with Gasteiger partial charge >= 0.3 is 11.9 Å². The van der Waals surface area contributed by atoms with Crippen molar-refractivity contribution >= 4 is 34.5 Å². The van der Waals surface area contributed by atoms with Crippen molar-refractivity contribution in [1.29, 1.82) is 0 Å². The fourth-order valence-electron chi connectivity index (χ4n) is 0.241. The highest BCUT2D eigenvalue weighted by molar-refractivity contribution is 14.1. The molecule has 0 aliphatic heterocycles. The Balaban J connectivity index is 3.63. The van der Waals surface area contributed by atoms with E-state index in [9.17, 15) is 9.59 Å². The molecule has 1 unspecified atom stereocenters. The van der Waals surface area contributed by atoms with Gasteiger partial charge in [0.15, 0.2) is 0 Å². The summed E-state index contributed by atoms with van der Waals surface area (Å²) in [6, 6.07) is 0. The predicted octanol–water partition coefficient (Wildman–Crippen LogP) is 0.349. The third kappa shape index (κ3) is 4.19. The molecule has 2 N–H and O–H groups in total. The number of hydrogen-bond donors (Lipinski definition) is 2. The van der Waals surface area contributed by atoms with Crippen LogP contribution in [-0.2, 0) is 9.59 Å². The minimum absolute atomic E-state index is 0.324. The Morgan fingerprint density at radius 1 is 1.44 bits per heavy atom. The molecule has 0 aliphatic rings. The molecule has 0 aromatic heterocycles. The molecule has 52 valence electrons. The molecule has 0 saturated carbocycles. The fourth-order valence-corrected chi connectivity index (χ4v) is 0.617. The van der Waals surface area contributed by atoms with Crippen molar-refractivity contribution in [2.24, 2.45) is 0 Å². The predicted molar refractivity (Wildman–Crippen MR) is 37.7 cm³/mol. The summed E-state index contributed by atoms with van der Waals surface area (Å²) in [4.78, 5) is 19.8. The fraction of sp³-hybridized carbons (Fsp3) is 0.500. The lowest BCUT2D eigenvalue weighted by Crippen LogP contribution is -2.16. The summed E-state index contributed by atoms with van der Waals surface area (Å²) < 4.78 is -0.819. The smallest absolute Gasteiger partial charge is 0.317 e. The van der Waals surface area contributed by atoms with Crippen molar-refractivity contribution in [1.82, 2.24) is 0 Å². The molecule has 0 rings (SSSR count). The van der Waals surface area contributed by atoms with Crippen molar-refractivity contribution in [2.75, 3.05) is 0 Å². The highest BCUT2D eigenvalue weighted by atomic mass is 127. The monoisotopic (exact) mass is 244 g/mol. The third-order valence-corrected chi connectivity index (χ3v) is 1.59. The molecule has 4 nitrogen and oxygen atoms in total. The molecule has 0 saturated heterocycles. The van der Waals surface area contributed by atoms with Crippen molar-refractivity contribution in [3.05, 3.63) is 0 Å². The molecule has 0 aromatic carbocycles. The number of rotatable bonds is 3. The molecule has 9 heavy (non-hydrogen) atoms. The zero-order valence-corrected chi connectivity index (χ0v) is 6.53. The molecule has 0 amide bonds. The molecule has 0 bridgehead atoms. The molecule has 0 spiro atoms. The molecule has 0 aromatic rings. The van der Waals surface area contributed by atoms with Gasteiger partial charge in [-0.2, -0.15) is 0 Å². The Bertz CT molecular complexity index is 133. The summed E-state index contributed by atoms with van der Waals surface area (Å²) in [5.41, 5.74) is 0. The van der Waals surface area contributed by atoms with E-state index in [0.717, 1.165) is 0 Å². The van der Waals surface area contributed by atoms with Crippen LogP contribution in [0.5, 0.6) is 0 Å². The first-order chi connectivity index (χ1) is 4.04. The van der Waals surface area contributed by atoms with E-state index in [4.69, 9.17) is 10.2 Å². The highest BCUT2D eigenvalue weighted by Gasteiger charge is 2.15. The maximum atomic E-state index is 9.96. The Kier molecular flexibility index (Phi) is 3.52. The molecule has 0 radical (unpaired) electrons. The Morgan fingerprint density at radius 3 is 2.00 bits per heavy atom. The Morgan fingerprint density at radius 2 is 1.89 bits per heavy atom. The van der Waals surface area contributed by atoms with Gasteiger partial charge in [0.1, 0.15) is 3.92 Å². The van der Waals surface area contributed by atoms with E-state index in [0.29, 0.717) is 0 Å². The lowest BCUT2D eigenvalue weighted by atomic mass is 10.3. The van der Waals surface area contributed by atoms with Gasteiger partial charge in [-0.1, -0.05) is 22.6 Å². The number of carbonyl (C=O) groups is 2. The van der Waals surface area contributed by atoms with E-state index < -0.39 is 15.9 Å². The van der Waals surface area contributed by atoms with Crippen LogP contribution in [0.2, 0.25) is 0 Å². The van der Waals surface area contributed by atoms with Gasteiger partial charge in [-0.25, -0.2) is 0 Å². The molecular weight excluding hydrogens is 239 g/mol. The second kappa shape index (κ2) is 3.65. The van der Waals surface area contributed by atoms with Crippen LogP contribution in [-0.4, -0.2) is 26.1 Å². The van der Waals surface area contributed by atoms with Crippen LogP contribution < -0.4 is 0 Å². The maximum absolute atomic E-state index is 9.96. The third-order valence-electron chi connectivity index (χ3n) is 0.622.